The molecule has 7 aromatic carbocycles. The molecule has 0 aromatic heterocycles. The molecule has 2 nitrogen and oxygen atoms in total. The maximum absolute atomic E-state index is 2.48. The third-order valence-electron chi connectivity index (χ3n) is 10.8. The fourth-order valence-electron chi connectivity index (χ4n) is 7.81. The smallest absolute Gasteiger partial charge is 0.0619 e. The van der Waals surface area contributed by atoms with Crippen molar-refractivity contribution >= 4 is 55.7 Å². The summed E-state index contributed by atoms with van der Waals surface area (Å²) in [5.41, 5.74) is 12.6. The first-order valence-corrected chi connectivity index (χ1v) is 18.3. The molecule has 0 saturated heterocycles. The second kappa shape index (κ2) is 13.2. The van der Waals surface area contributed by atoms with Gasteiger partial charge in [0.05, 0.1) is 11.4 Å². The van der Waals surface area contributed by atoms with Gasteiger partial charge in [0.15, 0.2) is 0 Å². The zero-order chi connectivity index (χ0) is 34.2. The molecular formula is C48H46N2. The summed E-state index contributed by atoms with van der Waals surface area (Å²) in [7, 11) is 0. The van der Waals surface area contributed by atoms with E-state index < -0.39 is 0 Å². The quantitative estimate of drug-likeness (QED) is 0.151. The third kappa shape index (κ3) is 5.83. The van der Waals surface area contributed by atoms with Crippen LogP contribution in [0.4, 0.5) is 34.1 Å². The first-order chi connectivity index (χ1) is 24.4. The number of rotatable bonds is 8. The van der Waals surface area contributed by atoms with Crippen LogP contribution in [0.3, 0.4) is 0 Å². The van der Waals surface area contributed by atoms with Crippen molar-refractivity contribution < 1.29 is 0 Å². The van der Waals surface area contributed by atoms with Crippen molar-refractivity contribution in [2.75, 3.05) is 9.80 Å². The first kappa shape index (κ1) is 31.9. The molecule has 0 aliphatic carbocycles. The SMILES string of the molecule is CCCCC(C)(C)c1ccc(N(c2ccc(C)cc2)c2c3ccccc3c(N3c4ccc(cc4)CCc4ccc3cc4)c3ccccc23)cc1. The fourth-order valence-corrected chi connectivity index (χ4v) is 7.81. The summed E-state index contributed by atoms with van der Waals surface area (Å²) in [5.74, 6) is 0. The fraction of sp³-hybridized carbons (Fsp3) is 0.208. The lowest BCUT2D eigenvalue weighted by atomic mass is 9.80. The molecule has 0 fully saturated rings. The molecule has 7 aromatic rings. The average molecular weight is 651 g/mol. The molecule has 11 rings (SSSR count). The monoisotopic (exact) mass is 650 g/mol. The van der Waals surface area contributed by atoms with E-state index in [1.807, 2.05) is 0 Å². The van der Waals surface area contributed by atoms with Crippen molar-refractivity contribution in [2.24, 2.45) is 0 Å². The number of nitrogens with zero attached hydrogens (tertiary/aromatic N) is 2. The van der Waals surface area contributed by atoms with E-state index in [0.29, 0.717) is 0 Å². The molecule has 4 aliphatic heterocycles. The van der Waals surface area contributed by atoms with Gasteiger partial charge in [0.2, 0.25) is 0 Å². The molecule has 0 atom stereocenters. The summed E-state index contributed by atoms with van der Waals surface area (Å²) in [6.07, 6.45) is 5.73. The summed E-state index contributed by atoms with van der Waals surface area (Å²) in [5, 5.41) is 4.88. The second-order valence-corrected chi connectivity index (χ2v) is 14.7. The van der Waals surface area contributed by atoms with E-state index in [9.17, 15) is 0 Å². The molecule has 0 amide bonds. The van der Waals surface area contributed by atoms with Crippen LogP contribution in [0.15, 0.2) is 146 Å². The van der Waals surface area contributed by atoms with Crippen LogP contribution in [-0.4, -0.2) is 0 Å². The topological polar surface area (TPSA) is 6.48 Å². The van der Waals surface area contributed by atoms with E-state index in [1.165, 1.54) is 85.8 Å². The van der Waals surface area contributed by atoms with E-state index in [1.54, 1.807) is 0 Å². The number of benzene rings is 7. The average Bonchev–Trinajstić information content (AvgIpc) is 3.24. The van der Waals surface area contributed by atoms with Gasteiger partial charge in [0.1, 0.15) is 0 Å². The van der Waals surface area contributed by atoms with E-state index in [4.69, 9.17) is 0 Å². The van der Waals surface area contributed by atoms with Crippen LogP contribution in [0.2, 0.25) is 0 Å². The van der Waals surface area contributed by atoms with Crippen LogP contribution in [0, 0.1) is 6.92 Å². The molecule has 2 heteroatoms. The van der Waals surface area contributed by atoms with Crippen molar-refractivity contribution in [1.29, 1.82) is 0 Å². The van der Waals surface area contributed by atoms with Gasteiger partial charge in [-0.3, -0.25) is 0 Å². The van der Waals surface area contributed by atoms with E-state index in [-0.39, 0.29) is 5.41 Å². The van der Waals surface area contributed by atoms with Crippen LogP contribution < -0.4 is 9.80 Å². The van der Waals surface area contributed by atoms with Gasteiger partial charge in [-0.1, -0.05) is 136 Å². The van der Waals surface area contributed by atoms with Crippen molar-refractivity contribution in [3.63, 3.8) is 0 Å². The Balaban J connectivity index is 1.40. The van der Waals surface area contributed by atoms with Gasteiger partial charge in [-0.05, 0) is 96.8 Å². The highest BCUT2D eigenvalue weighted by molar-refractivity contribution is 6.23. The lowest BCUT2D eigenvalue weighted by Gasteiger charge is -2.33. The molecule has 0 radical (unpaired) electrons. The first-order valence-electron chi connectivity index (χ1n) is 18.3. The van der Waals surface area contributed by atoms with Gasteiger partial charge in [0.25, 0.3) is 0 Å². The minimum atomic E-state index is 0.129. The molecule has 0 spiro atoms. The molecule has 4 aliphatic rings. The summed E-state index contributed by atoms with van der Waals surface area (Å²) in [4.78, 5) is 4.95. The Morgan fingerprint density at radius 3 is 1.50 bits per heavy atom. The van der Waals surface area contributed by atoms with Gasteiger partial charge in [-0.25, -0.2) is 0 Å². The van der Waals surface area contributed by atoms with Crippen molar-refractivity contribution in [1.82, 2.24) is 0 Å². The predicted molar refractivity (Wildman–Crippen MR) is 216 cm³/mol. The summed E-state index contributed by atoms with van der Waals surface area (Å²) < 4.78 is 0. The Bertz CT molecular complexity index is 2160. The number of hydrogen-bond acceptors (Lipinski definition) is 2. The largest absolute Gasteiger partial charge is 0.309 e. The Labute approximate surface area is 297 Å². The van der Waals surface area contributed by atoms with Gasteiger partial charge in [-0.2, -0.15) is 0 Å². The molecule has 0 N–H and O–H groups in total. The Morgan fingerprint density at radius 1 is 0.560 bits per heavy atom. The van der Waals surface area contributed by atoms with E-state index in [2.05, 4.69) is 183 Å². The zero-order valence-electron chi connectivity index (χ0n) is 29.8. The van der Waals surface area contributed by atoms with Crippen LogP contribution in [0.25, 0.3) is 21.5 Å². The zero-order valence-corrected chi connectivity index (χ0v) is 29.8. The van der Waals surface area contributed by atoms with Crippen LogP contribution in [0.5, 0.6) is 0 Å². The highest BCUT2D eigenvalue weighted by Crippen LogP contribution is 2.51. The molecular weight excluding hydrogens is 605 g/mol. The number of anilines is 6. The van der Waals surface area contributed by atoms with Crippen molar-refractivity contribution in [2.45, 2.75) is 65.2 Å². The summed E-state index contributed by atoms with van der Waals surface area (Å²) in [6.45, 7) is 9.20. The summed E-state index contributed by atoms with van der Waals surface area (Å²) >= 11 is 0. The van der Waals surface area contributed by atoms with Gasteiger partial charge in [-0.15, -0.1) is 0 Å². The van der Waals surface area contributed by atoms with Gasteiger partial charge < -0.3 is 9.80 Å². The normalized spacial score (nSPS) is 12.8. The van der Waals surface area contributed by atoms with Crippen molar-refractivity contribution in [3.05, 3.63) is 168 Å². The van der Waals surface area contributed by atoms with Crippen LogP contribution in [-0.2, 0) is 18.3 Å². The van der Waals surface area contributed by atoms with Gasteiger partial charge in [0, 0.05) is 44.3 Å². The molecule has 0 saturated carbocycles. The van der Waals surface area contributed by atoms with E-state index in [0.717, 1.165) is 24.2 Å². The Morgan fingerprint density at radius 2 is 1.02 bits per heavy atom. The van der Waals surface area contributed by atoms with Crippen LogP contribution >= 0.6 is 0 Å². The highest BCUT2D eigenvalue weighted by atomic mass is 15.2. The maximum Gasteiger partial charge on any atom is 0.0619 e. The number of aryl methyl sites for hydroxylation is 3. The maximum atomic E-state index is 2.48. The Kier molecular flexibility index (Phi) is 8.41. The number of fused-ring (bicyclic) bond motifs is 2. The van der Waals surface area contributed by atoms with E-state index >= 15 is 0 Å². The molecule has 50 heavy (non-hydrogen) atoms. The third-order valence-corrected chi connectivity index (χ3v) is 10.8. The lowest BCUT2D eigenvalue weighted by molar-refractivity contribution is 0.458. The predicted octanol–water partition coefficient (Wildman–Crippen LogP) is 13.8. The highest BCUT2D eigenvalue weighted by Gasteiger charge is 2.26. The molecule has 248 valence electrons. The van der Waals surface area contributed by atoms with Crippen molar-refractivity contribution in [3.8, 4) is 0 Å². The standard InChI is InChI=1S/C48H46N2/c1-5-6-33-48(3,4)37-23-31-41(32-24-37)49(38-25-15-34(2)16-26-38)46-42-11-7-9-13-44(42)47(45-14-10-8-12-43(45)46)50-39-27-19-35(20-28-39)17-18-36-21-29-40(50)30-22-36/h7-16,19-32H,5-6,17-18,33H2,1-4H3. The van der Waals surface area contributed by atoms with Gasteiger partial charge >= 0.3 is 0 Å². The second-order valence-electron chi connectivity index (χ2n) is 14.7. The minimum absolute atomic E-state index is 0.129. The molecule has 0 unspecified atom stereocenters. The Hall–Kier alpha value is -5.34. The molecule has 4 heterocycles. The minimum Gasteiger partial charge on any atom is -0.309 e. The number of hydrogen-bond donors (Lipinski definition) is 0. The number of unbranched alkanes of at least 4 members (excludes halogenated alkanes) is 1. The lowest BCUT2D eigenvalue weighted by Crippen LogP contribution is -2.17. The summed E-state index contributed by atoms with van der Waals surface area (Å²) in [6, 6.07) is 54.7. The molecule has 4 bridgehead atoms. The van der Waals surface area contributed by atoms with Crippen LogP contribution in [0.1, 0.15) is 62.3 Å².